The molecule has 0 radical (unpaired) electrons. The summed E-state index contributed by atoms with van der Waals surface area (Å²) in [4.78, 5) is 0. The third-order valence-electron chi connectivity index (χ3n) is 4.27. The second-order valence-corrected chi connectivity index (χ2v) is 5.98. The van der Waals surface area contributed by atoms with Gasteiger partial charge in [-0.2, -0.15) is 0 Å². The van der Waals surface area contributed by atoms with Gasteiger partial charge in [0, 0.05) is 19.8 Å². The Morgan fingerprint density at radius 3 is 2.81 bits per heavy atom. The monoisotopic (exact) mass is 301 g/mol. The average Bonchev–Trinajstić information content (AvgIpc) is 2.51. The fourth-order valence-corrected chi connectivity index (χ4v) is 2.93. The molecule has 4 atom stereocenters. The maximum atomic E-state index is 6.04. The van der Waals surface area contributed by atoms with Crippen LogP contribution in [-0.2, 0) is 18.9 Å². The van der Waals surface area contributed by atoms with E-state index in [0.717, 1.165) is 32.4 Å². The smallest absolute Gasteiger partial charge is 0.0991 e. The second kappa shape index (κ2) is 9.74. The summed E-state index contributed by atoms with van der Waals surface area (Å²) in [6.45, 7) is 6.07. The molecule has 0 spiro atoms. The molecule has 1 heterocycles. The summed E-state index contributed by atoms with van der Waals surface area (Å²) in [6, 6.07) is 0.416. The molecule has 1 N–H and O–H groups in total. The van der Waals surface area contributed by atoms with Crippen LogP contribution in [0.4, 0.5) is 0 Å². The van der Waals surface area contributed by atoms with Crippen molar-refractivity contribution in [2.75, 3.05) is 40.1 Å². The van der Waals surface area contributed by atoms with E-state index in [9.17, 15) is 0 Å². The molecular weight excluding hydrogens is 270 g/mol. The van der Waals surface area contributed by atoms with Crippen molar-refractivity contribution >= 4 is 0 Å². The largest absolute Gasteiger partial charge is 0.382 e. The summed E-state index contributed by atoms with van der Waals surface area (Å²) in [6.07, 6.45) is 6.36. The van der Waals surface area contributed by atoms with Crippen LogP contribution in [0.3, 0.4) is 0 Å². The van der Waals surface area contributed by atoms with Crippen molar-refractivity contribution in [3.05, 3.63) is 0 Å². The summed E-state index contributed by atoms with van der Waals surface area (Å²) >= 11 is 0. The minimum atomic E-state index is 0.148. The van der Waals surface area contributed by atoms with E-state index in [4.69, 9.17) is 18.9 Å². The zero-order valence-electron chi connectivity index (χ0n) is 13.5. The molecule has 2 fully saturated rings. The third kappa shape index (κ3) is 5.49. The first-order chi connectivity index (χ1) is 10.3. The van der Waals surface area contributed by atoms with E-state index in [2.05, 4.69) is 12.2 Å². The highest BCUT2D eigenvalue weighted by atomic mass is 16.6. The van der Waals surface area contributed by atoms with Crippen LogP contribution in [0.2, 0.25) is 0 Å². The van der Waals surface area contributed by atoms with E-state index >= 15 is 0 Å². The summed E-state index contributed by atoms with van der Waals surface area (Å²) < 4.78 is 22.7. The predicted molar refractivity (Wildman–Crippen MR) is 81.6 cm³/mol. The fraction of sp³-hybridized carbons (Fsp3) is 1.00. The van der Waals surface area contributed by atoms with Crippen LogP contribution < -0.4 is 5.32 Å². The summed E-state index contributed by atoms with van der Waals surface area (Å²) in [5.41, 5.74) is 0. The lowest BCUT2D eigenvalue weighted by Gasteiger charge is -2.44. The first kappa shape index (κ1) is 17.2. The lowest BCUT2D eigenvalue weighted by Crippen LogP contribution is -2.60. The molecule has 2 aliphatic rings. The normalized spacial score (nSPS) is 32.9. The molecule has 0 aromatic rings. The molecule has 5 heteroatoms. The van der Waals surface area contributed by atoms with Crippen molar-refractivity contribution in [2.24, 2.45) is 0 Å². The SMILES string of the molecule is CCCNC1CC(OCC2CCCCO2)C1OCCOC. The number of ether oxygens (including phenoxy) is 4. The lowest BCUT2D eigenvalue weighted by atomic mass is 9.85. The van der Waals surface area contributed by atoms with Crippen LogP contribution >= 0.6 is 0 Å². The first-order valence-corrected chi connectivity index (χ1v) is 8.42. The molecule has 21 heavy (non-hydrogen) atoms. The van der Waals surface area contributed by atoms with Crippen LogP contribution in [0.25, 0.3) is 0 Å². The Kier molecular flexibility index (Phi) is 7.96. The molecule has 0 bridgehead atoms. The first-order valence-electron chi connectivity index (χ1n) is 8.42. The molecule has 0 aromatic carbocycles. The highest BCUT2D eigenvalue weighted by molar-refractivity contribution is 4.97. The molecule has 5 nitrogen and oxygen atoms in total. The van der Waals surface area contributed by atoms with Gasteiger partial charge in [-0.3, -0.25) is 0 Å². The van der Waals surface area contributed by atoms with Crippen molar-refractivity contribution < 1.29 is 18.9 Å². The summed E-state index contributed by atoms with van der Waals surface area (Å²) in [5, 5.41) is 3.54. The minimum Gasteiger partial charge on any atom is -0.382 e. The van der Waals surface area contributed by atoms with Crippen molar-refractivity contribution in [3.63, 3.8) is 0 Å². The zero-order chi connectivity index (χ0) is 14.9. The van der Waals surface area contributed by atoms with Crippen molar-refractivity contribution in [3.8, 4) is 0 Å². The van der Waals surface area contributed by atoms with Crippen molar-refractivity contribution in [2.45, 2.75) is 63.4 Å². The maximum Gasteiger partial charge on any atom is 0.0991 e. The Morgan fingerprint density at radius 1 is 1.19 bits per heavy atom. The molecule has 4 unspecified atom stereocenters. The van der Waals surface area contributed by atoms with Gasteiger partial charge in [0.2, 0.25) is 0 Å². The Bertz CT molecular complexity index is 271. The predicted octanol–water partition coefficient (Wildman–Crippen LogP) is 1.74. The van der Waals surface area contributed by atoms with E-state index in [0.29, 0.717) is 25.9 Å². The number of rotatable bonds is 10. The quantitative estimate of drug-likeness (QED) is 0.623. The van der Waals surface area contributed by atoms with Crippen LogP contribution in [0.1, 0.15) is 39.0 Å². The second-order valence-electron chi connectivity index (χ2n) is 5.98. The Labute approximate surface area is 128 Å². The van der Waals surface area contributed by atoms with Gasteiger partial charge in [-0.25, -0.2) is 0 Å². The zero-order valence-corrected chi connectivity index (χ0v) is 13.5. The van der Waals surface area contributed by atoms with E-state index in [-0.39, 0.29) is 18.3 Å². The average molecular weight is 301 g/mol. The highest BCUT2D eigenvalue weighted by Gasteiger charge is 2.42. The van der Waals surface area contributed by atoms with Crippen molar-refractivity contribution in [1.82, 2.24) is 5.32 Å². The van der Waals surface area contributed by atoms with E-state index < -0.39 is 0 Å². The van der Waals surface area contributed by atoms with Crippen molar-refractivity contribution in [1.29, 1.82) is 0 Å². The van der Waals surface area contributed by atoms with E-state index in [1.165, 1.54) is 12.8 Å². The molecule has 1 saturated carbocycles. The Balaban J connectivity index is 1.69. The molecule has 0 aromatic heterocycles. The van der Waals surface area contributed by atoms with Crippen LogP contribution in [0.15, 0.2) is 0 Å². The van der Waals surface area contributed by atoms with Gasteiger partial charge in [-0.15, -0.1) is 0 Å². The van der Waals surface area contributed by atoms with E-state index in [1.54, 1.807) is 7.11 Å². The number of methoxy groups -OCH3 is 1. The molecular formula is C16H31NO4. The van der Waals surface area contributed by atoms with E-state index in [1.807, 2.05) is 0 Å². The Hall–Kier alpha value is -0.200. The molecule has 2 rings (SSSR count). The molecule has 124 valence electrons. The molecule has 1 saturated heterocycles. The van der Waals surface area contributed by atoms with Gasteiger partial charge in [0.05, 0.1) is 38.1 Å². The number of hydrogen-bond donors (Lipinski definition) is 1. The molecule has 1 aliphatic heterocycles. The summed E-state index contributed by atoms with van der Waals surface area (Å²) in [7, 11) is 1.70. The van der Waals surface area contributed by atoms with Crippen LogP contribution in [0, 0.1) is 0 Å². The van der Waals surface area contributed by atoms with Crippen LogP contribution in [0.5, 0.6) is 0 Å². The standard InChI is InChI=1S/C16H31NO4/c1-3-7-17-14-11-15(16(14)20-10-9-18-2)21-12-13-6-4-5-8-19-13/h13-17H,3-12H2,1-2H3. The Morgan fingerprint density at radius 2 is 2.10 bits per heavy atom. The minimum absolute atomic E-state index is 0.148. The van der Waals surface area contributed by atoms with Gasteiger partial charge in [-0.1, -0.05) is 6.92 Å². The topological polar surface area (TPSA) is 49.0 Å². The van der Waals surface area contributed by atoms with Gasteiger partial charge in [0.1, 0.15) is 0 Å². The molecule has 1 aliphatic carbocycles. The third-order valence-corrected chi connectivity index (χ3v) is 4.27. The lowest BCUT2D eigenvalue weighted by molar-refractivity contribution is -0.168. The molecule has 0 amide bonds. The number of nitrogens with one attached hydrogen (secondary N) is 1. The van der Waals surface area contributed by atoms with Gasteiger partial charge in [0.25, 0.3) is 0 Å². The number of hydrogen-bond acceptors (Lipinski definition) is 5. The highest BCUT2D eigenvalue weighted by Crippen LogP contribution is 2.28. The van der Waals surface area contributed by atoms with Gasteiger partial charge in [-0.05, 0) is 38.6 Å². The summed E-state index contributed by atoms with van der Waals surface area (Å²) in [5.74, 6) is 0. The fourth-order valence-electron chi connectivity index (χ4n) is 2.93. The maximum absolute atomic E-state index is 6.04. The van der Waals surface area contributed by atoms with Gasteiger partial charge >= 0.3 is 0 Å². The van der Waals surface area contributed by atoms with Gasteiger partial charge in [0.15, 0.2) is 0 Å². The van der Waals surface area contributed by atoms with Crippen LogP contribution in [-0.4, -0.2) is 64.4 Å². The van der Waals surface area contributed by atoms with Gasteiger partial charge < -0.3 is 24.3 Å².